The first kappa shape index (κ1) is 10.6. The summed E-state index contributed by atoms with van der Waals surface area (Å²) in [6.07, 6.45) is 0. The molecule has 0 aromatic rings. The molecule has 0 aliphatic carbocycles. The largest absolute Gasteiger partial charge is 0.580 e. The van der Waals surface area contributed by atoms with Crippen LogP contribution in [0.3, 0.4) is 0 Å². The van der Waals surface area contributed by atoms with Crippen LogP contribution in [0.4, 0.5) is 0 Å². The highest BCUT2D eigenvalue weighted by Crippen LogP contribution is 2.15. The number of hydrogen-bond donors (Lipinski definition) is 0. The number of halogens is 1. The van der Waals surface area contributed by atoms with E-state index in [1.807, 2.05) is 13.8 Å². The van der Waals surface area contributed by atoms with Gasteiger partial charge in [0, 0.05) is 20.3 Å². The standard InChI is InChI=1S/C5H13BrO3Si/c1-4-8-10(6,7-3)9-5-2/h4-5H2,1-3H3. The molecule has 0 spiro atoms. The molecule has 0 bridgehead atoms. The van der Waals surface area contributed by atoms with Gasteiger partial charge in [0.25, 0.3) is 0 Å². The molecule has 0 N–H and O–H groups in total. The second-order valence-corrected chi connectivity index (χ2v) is 6.41. The quantitative estimate of drug-likeness (QED) is 0.528. The van der Waals surface area contributed by atoms with E-state index in [1.165, 1.54) is 0 Å². The Morgan fingerprint density at radius 3 is 1.80 bits per heavy atom. The van der Waals surface area contributed by atoms with Gasteiger partial charge in [-0.25, -0.2) is 0 Å². The lowest BCUT2D eigenvalue weighted by atomic mass is 10.9. The van der Waals surface area contributed by atoms with Crippen LogP contribution in [0, 0.1) is 0 Å². The predicted molar refractivity (Wildman–Crippen MR) is 44.9 cm³/mol. The molecule has 0 radical (unpaired) electrons. The second kappa shape index (κ2) is 5.26. The van der Waals surface area contributed by atoms with E-state index in [2.05, 4.69) is 15.3 Å². The van der Waals surface area contributed by atoms with E-state index in [1.54, 1.807) is 7.11 Å². The van der Waals surface area contributed by atoms with E-state index in [-0.39, 0.29) is 0 Å². The Hall–Kier alpha value is 0.577. The highest BCUT2D eigenvalue weighted by atomic mass is 79.9. The normalized spacial score (nSPS) is 12.0. The molecule has 0 heterocycles. The number of hydrogen-bond acceptors (Lipinski definition) is 3. The molecule has 10 heavy (non-hydrogen) atoms. The average Bonchev–Trinajstić information content (AvgIpc) is 1.89. The SMILES string of the molecule is CCO[Si](Br)(OC)OCC. The molecule has 0 aliphatic rings. The summed E-state index contributed by atoms with van der Waals surface area (Å²) in [5.41, 5.74) is 0. The Bertz CT molecular complexity index is 85.0. The molecule has 0 amide bonds. The lowest BCUT2D eigenvalue weighted by Crippen LogP contribution is -2.38. The van der Waals surface area contributed by atoms with Gasteiger partial charge in [0.2, 0.25) is 0 Å². The predicted octanol–water partition coefficient (Wildman–Crippen LogP) is 1.54. The average molecular weight is 229 g/mol. The molecule has 0 fully saturated rings. The van der Waals surface area contributed by atoms with Crippen molar-refractivity contribution in [2.24, 2.45) is 0 Å². The molecule has 0 unspecified atom stereocenters. The maximum Gasteiger partial charge on any atom is 0.580 e. The molecular weight excluding hydrogens is 216 g/mol. The summed E-state index contributed by atoms with van der Waals surface area (Å²) in [4.78, 5) is 0. The smallest absolute Gasteiger partial charge is 0.369 e. The first-order valence-electron chi connectivity index (χ1n) is 3.20. The van der Waals surface area contributed by atoms with Crippen LogP contribution < -0.4 is 0 Å². The van der Waals surface area contributed by atoms with Crippen LogP contribution in [0.5, 0.6) is 0 Å². The van der Waals surface area contributed by atoms with Gasteiger partial charge in [-0.15, -0.1) is 0 Å². The Kier molecular flexibility index (Phi) is 5.56. The van der Waals surface area contributed by atoms with Gasteiger partial charge in [-0.1, -0.05) is 0 Å². The Labute approximate surface area is 70.6 Å². The molecule has 0 atom stereocenters. The third-order valence-electron chi connectivity index (χ3n) is 0.877. The summed E-state index contributed by atoms with van der Waals surface area (Å²) < 4.78 is 15.5. The fourth-order valence-electron chi connectivity index (χ4n) is 0.504. The summed E-state index contributed by atoms with van der Waals surface area (Å²) in [5.74, 6) is 0. The Morgan fingerprint density at radius 1 is 1.20 bits per heavy atom. The summed E-state index contributed by atoms with van der Waals surface area (Å²) in [6.45, 7) is 5.01. The minimum atomic E-state index is -2.41. The summed E-state index contributed by atoms with van der Waals surface area (Å²) in [6, 6.07) is 0. The summed E-state index contributed by atoms with van der Waals surface area (Å²) in [7, 11) is -0.835. The van der Waals surface area contributed by atoms with Crippen molar-refractivity contribution in [1.82, 2.24) is 0 Å². The van der Waals surface area contributed by atoms with Crippen LogP contribution in [0.25, 0.3) is 0 Å². The molecular formula is C5H13BrO3Si. The maximum atomic E-state index is 5.23. The van der Waals surface area contributed by atoms with Gasteiger partial charge in [0.1, 0.15) is 0 Å². The first-order valence-corrected chi connectivity index (χ1v) is 7.18. The van der Waals surface area contributed by atoms with Crippen LogP contribution in [0.15, 0.2) is 0 Å². The van der Waals surface area contributed by atoms with E-state index in [0.717, 1.165) is 0 Å². The molecule has 0 aliphatic heterocycles. The van der Waals surface area contributed by atoms with Crippen molar-refractivity contribution in [3.8, 4) is 0 Å². The van der Waals surface area contributed by atoms with Crippen molar-refractivity contribution in [3.63, 3.8) is 0 Å². The third-order valence-corrected chi connectivity index (χ3v) is 4.98. The Balaban J connectivity index is 3.69. The van der Waals surface area contributed by atoms with Crippen molar-refractivity contribution in [2.45, 2.75) is 13.8 Å². The van der Waals surface area contributed by atoms with Crippen molar-refractivity contribution in [3.05, 3.63) is 0 Å². The van der Waals surface area contributed by atoms with E-state index in [9.17, 15) is 0 Å². The minimum absolute atomic E-state index is 0.602. The zero-order valence-electron chi connectivity index (χ0n) is 6.52. The van der Waals surface area contributed by atoms with Crippen LogP contribution in [-0.4, -0.2) is 27.7 Å². The number of rotatable bonds is 5. The van der Waals surface area contributed by atoms with E-state index in [0.29, 0.717) is 13.2 Å². The van der Waals surface area contributed by atoms with Crippen molar-refractivity contribution >= 4 is 22.7 Å². The maximum absolute atomic E-state index is 5.23. The van der Waals surface area contributed by atoms with Crippen molar-refractivity contribution < 1.29 is 13.3 Å². The first-order chi connectivity index (χ1) is 4.68. The van der Waals surface area contributed by atoms with E-state index < -0.39 is 7.42 Å². The monoisotopic (exact) mass is 228 g/mol. The molecule has 0 aromatic carbocycles. The topological polar surface area (TPSA) is 27.7 Å². The Morgan fingerprint density at radius 2 is 1.60 bits per heavy atom. The second-order valence-electron chi connectivity index (χ2n) is 1.55. The van der Waals surface area contributed by atoms with Gasteiger partial charge >= 0.3 is 7.42 Å². The highest BCUT2D eigenvalue weighted by Gasteiger charge is 2.35. The van der Waals surface area contributed by atoms with Gasteiger partial charge < -0.3 is 13.3 Å². The van der Waals surface area contributed by atoms with Gasteiger partial charge in [0.05, 0.1) is 0 Å². The fraction of sp³-hybridized carbons (Fsp3) is 1.00. The highest BCUT2D eigenvalue weighted by molar-refractivity contribution is 9.25. The van der Waals surface area contributed by atoms with Crippen molar-refractivity contribution in [1.29, 1.82) is 0 Å². The molecule has 0 saturated carbocycles. The van der Waals surface area contributed by atoms with Crippen LogP contribution in [0.1, 0.15) is 13.8 Å². The molecule has 3 nitrogen and oxygen atoms in total. The summed E-state index contributed by atoms with van der Waals surface area (Å²) in [5, 5.41) is 0. The van der Waals surface area contributed by atoms with E-state index >= 15 is 0 Å². The zero-order chi connectivity index (χ0) is 8.04. The van der Waals surface area contributed by atoms with Crippen LogP contribution in [-0.2, 0) is 13.3 Å². The lowest BCUT2D eigenvalue weighted by molar-refractivity contribution is 0.115. The minimum Gasteiger partial charge on any atom is -0.369 e. The van der Waals surface area contributed by atoms with E-state index in [4.69, 9.17) is 13.3 Å². The van der Waals surface area contributed by atoms with Crippen molar-refractivity contribution in [2.75, 3.05) is 20.3 Å². The lowest BCUT2D eigenvalue weighted by Gasteiger charge is -2.19. The molecule has 0 aromatic heterocycles. The molecule has 62 valence electrons. The van der Waals surface area contributed by atoms with Gasteiger partial charge in [-0.3, -0.25) is 0 Å². The van der Waals surface area contributed by atoms with Crippen LogP contribution in [0.2, 0.25) is 0 Å². The van der Waals surface area contributed by atoms with Crippen LogP contribution >= 0.6 is 15.3 Å². The zero-order valence-corrected chi connectivity index (χ0v) is 9.10. The molecule has 0 rings (SSSR count). The summed E-state index contributed by atoms with van der Waals surface area (Å²) >= 11 is 3.28. The van der Waals surface area contributed by atoms with Gasteiger partial charge in [-0.05, 0) is 29.1 Å². The van der Waals surface area contributed by atoms with Gasteiger partial charge in [-0.2, -0.15) is 0 Å². The van der Waals surface area contributed by atoms with Gasteiger partial charge in [0.15, 0.2) is 0 Å². The molecule has 5 heteroatoms. The fourth-order valence-corrected chi connectivity index (χ4v) is 2.89. The third kappa shape index (κ3) is 3.67. The molecule has 0 saturated heterocycles.